The highest BCUT2D eigenvalue weighted by atomic mass is 32.1. The Bertz CT molecular complexity index is 849. The van der Waals surface area contributed by atoms with E-state index in [1.165, 1.54) is 4.90 Å². The Morgan fingerprint density at radius 3 is 2.89 bits per heavy atom. The zero-order chi connectivity index (χ0) is 19.2. The van der Waals surface area contributed by atoms with Gasteiger partial charge in [-0.2, -0.15) is 0 Å². The summed E-state index contributed by atoms with van der Waals surface area (Å²) in [6.07, 6.45) is 3.84. The van der Waals surface area contributed by atoms with Crippen molar-refractivity contribution >= 4 is 33.5 Å². The van der Waals surface area contributed by atoms with Gasteiger partial charge in [0.25, 0.3) is 5.91 Å². The van der Waals surface area contributed by atoms with Crippen molar-refractivity contribution in [2.75, 3.05) is 13.7 Å². The third-order valence-corrected chi connectivity index (χ3v) is 7.40. The van der Waals surface area contributed by atoms with Crippen LogP contribution < -0.4 is 5.32 Å². The molecule has 1 saturated carbocycles. The van der Waals surface area contributed by atoms with Gasteiger partial charge in [0.05, 0.1) is 22.9 Å². The van der Waals surface area contributed by atoms with Gasteiger partial charge in [-0.3, -0.25) is 9.69 Å². The van der Waals surface area contributed by atoms with Crippen LogP contribution in [0.1, 0.15) is 50.6 Å². The highest BCUT2D eigenvalue weighted by Crippen LogP contribution is 2.38. The molecule has 2 aliphatic rings. The van der Waals surface area contributed by atoms with E-state index < -0.39 is 5.54 Å². The van der Waals surface area contributed by atoms with Gasteiger partial charge in [-0.1, -0.05) is 31.9 Å². The molecule has 1 aromatic heterocycles. The summed E-state index contributed by atoms with van der Waals surface area (Å²) in [5.74, 6) is 0.114. The Morgan fingerprint density at radius 1 is 1.37 bits per heavy atom. The van der Waals surface area contributed by atoms with Crippen molar-refractivity contribution < 1.29 is 9.59 Å². The molecule has 144 valence electrons. The molecule has 1 aliphatic carbocycles. The van der Waals surface area contributed by atoms with Gasteiger partial charge in [0.1, 0.15) is 10.5 Å². The average Bonchev–Trinajstić information content (AvgIpc) is 3.19. The van der Waals surface area contributed by atoms with E-state index in [0.717, 1.165) is 40.9 Å². The molecular formula is C20H26N4O2S. The number of urea groups is 1. The van der Waals surface area contributed by atoms with Gasteiger partial charge in [-0.05, 0) is 44.9 Å². The SMILES string of the molecule is C[C@@H](c1nc2ccccc2s1)N(C)CN1C(=O)N[C@]2(CCCC[C@@H]2C)C1=O. The van der Waals surface area contributed by atoms with Gasteiger partial charge in [0.2, 0.25) is 0 Å². The molecular weight excluding hydrogens is 360 g/mol. The lowest BCUT2D eigenvalue weighted by molar-refractivity contribution is -0.135. The molecule has 2 aromatic rings. The predicted octanol–water partition coefficient (Wildman–Crippen LogP) is 3.75. The van der Waals surface area contributed by atoms with Crippen molar-refractivity contribution in [3.63, 3.8) is 0 Å². The molecule has 2 heterocycles. The van der Waals surface area contributed by atoms with Crippen LogP contribution in [0, 0.1) is 5.92 Å². The molecule has 1 saturated heterocycles. The van der Waals surface area contributed by atoms with Crippen LogP contribution >= 0.6 is 11.3 Å². The van der Waals surface area contributed by atoms with Gasteiger partial charge in [0.15, 0.2) is 0 Å². The number of benzene rings is 1. The first-order valence-electron chi connectivity index (χ1n) is 9.62. The smallest absolute Gasteiger partial charge is 0.323 e. The van der Waals surface area contributed by atoms with E-state index in [-0.39, 0.29) is 30.6 Å². The summed E-state index contributed by atoms with van der Waals surface area (Å²) in [6, 6.07) is 7.82. The zero-order valence-corrected chi connectivity index (χ0v) is 16.9. The summed E-state index contributed by atoms with van der Waals surface area (Å²) in [5.41, 5.74) is 0.290. The summed E-state index contributed by atoms with van der Waals surface area (Å²) < 4.78 is 1.15. The number of nitrogens with one attached hydrogen (secondary N) is 1. The Morgan fingerprint density at radius 2 is 2.15 bits per heavy atom. The number of carbonyl (C=O) groups excluding carboxylic acids is 2. The summed E-state index contributed by atoms with van der Waals surface area (Å²) in [7, 11) is 1.94. The van der Waals surface area contributed by atoms with Crippen LogP contribution in [0.3, 0.4) is 0 Å². The largest absolute Gasteiger partial charge is 0.326 e. The molecule has 4 rings (SSSR count). The maximum atomic E-state index is 13.1. The Labute approximate surface area is 163 Å². The summed E-state index contributed by atoms with van der Waals surface area (Å²) >= 11 is 1.66. The zero-order valence-electron chi connectivity index (χ0n) is 16.1. The Balaban J connectivity index is 1.51. The van der Waals surface area contributed by atoms with E-state index >= 15 is 0 Å². The van der Waals surface area contributed by atoms with Crippen molar-refractivity contribution in [1.29, 1.82) is 0 Å². The number of hydrogen-bond acceptors (Lipinski definition) is 5. The molecule has 1 aliphatic heterocycles. The molecule has 7 heteroatoms. The minimum atomic E-state index is -0.699. The van der Waals surface area contributed by atoms with E-state index in [0.29, 0.717) is 0 Å². The third kappa shape index (κ3) is 3.02. The number of fused-ring (bicyclic) bond motifs is 1. The minimum absolute atomic E-state index is 0.0170. The van der Waals surface area contributed by atoms with Crippen LogP contribution in [0.25, 0.3) is 10.2 Å². The molecule has 1 N–H and O–H groups in total. The number of rotatable bonds is 4. The minimum Gasteiger partial charge on any atom is -0.323 e. The number of amides is 3. The fourth-order valence-electron chi connectivity index (χ4n) is 4.23. The first-order valence-corrected chi connectivity index (χ1v) is 10.4. The molecule has 6 nitrogen and oxygen atoms in total. The van der Waals surface area contributed by atoms with Crippen LogP contribution in [-0.2, 0) is 4.79 Å². The van der Waals surface area contributed by atoms with Gasteiger partial charge in [-0.25, -0.2) is 14.7 Å². The number of nitrogens with zero attached hydrogens (tertiary/aromatic N) is 3. The van der Waals surface area contributed by atoms with Gasteiger partial charge < -0.3 is 5.32 Å². The number of hydrogen-bond donors (Lipinski definition) is 1. The molecule has 2 fully saturated rings. The average molecular weight is 387 g/mol. The molecule has 3 amide bonds. The van der Waals surface area contributed by atoms with E-state index in [9.17, 15) is 9.59 Å². The number of carbonyl (C=O) groups is 2. The maximum Gasteiger partial charge on any atom is 0.326 e. The molecule has 1 spiro atoms. The lowest BCUT2D eigenvalue weighted by atomic mass is 9.73. The van der Waals surface area contributed by atoms with Crippen LogP contribution in [0.5, 0.6) is 0 Å². The summed E-state index contributed by atoms with van der Waals surface area (Å²) in [5, 5.41) is 4.01. The second kappa shape index (κ2) is 6.87. The van der Waals surface area contributed by atoms with Gasteiger partial charge in [-0.15, -0.1) is 11.3 Å². The topological polar surface area (TPSA) is 65.5 Å². The first-order chi connectivity index (χ1) is 12.9. The van der Waals surface area contributed by atoms with E-state index in [2.05, 4.69) is 25.2 Å². The fraction of sp³-hybridized carbons (Fsp3) is 0.550. The Hall–Kier alpha value is -1.99. The summed E-state index contributed by atoms with van der Waals surface area (Å²) in [4.78, 5) is 33.8. The summed E-state index contributed by atoms with van der Waals surface area (Å²) in [6.45, 7) is 4.42. The third-order valence-electron chi connectivity index (χ3n) is 6.19. The molecule has 0 unspecified atom stereocenters. The second-order valence-corrected chi connectivity index (χ2v) is 8.94. The lowest BCUT2D eigenvalue weighted by Gasteiger charge is -2.37. The van der Waals surface area contributed by atoms with Crippen LogP contribution in [0.2, 0.25) is 0 Å². The first kappa shape index (κ1) is 18.4. The fourth-order valence-corrected chi connectivity index (χ4v) is 5.31. The number of thiazole rings is 1. The van der Waals surface area contributed by atoms with Crippen molar-refractivity contribution in [2.24, 2.45) is 5.92 Å². The monoisotopic (exact) mass is 386 g/mol. The van der Waals surface area contributed by atoms with Crippen molar-refractivity contribution in [1.82, 2.24) is 20.1 Å². The number of para-hydroxylation sites is 1. The van der Waals surface area contributed by atoms with E-state index in [1.807, 2.05) is 30.1 Å². The van der Waals surface area contributed by atoms with Crippen LogP contribution in [0.15, 0.2) is 24.3 Å². The number of imide groups is 1. The molecule has 27 heavy (non-hydrogen) atoms. The normalized spacial score (nSPS) is 27.0. The predicted molar refractivity (Wildman–Crippen MR) is 106 cm³/mol. The van der Waals surface area contributed by atoms with Gasteiger partial charge >= 0.3 is 6.03 Å². The van der Waals surface area contributed by atoms with Crippen molar-refractivity contribution in [3.05, 3.63) is 29.3 Å². The highest BCUT2D eigenvalue weighted by molar-refractivity contribution is 7.18. The van der Waals surface area contributed by atoms with Crippen molar-refractivity contribution in [3.8, 4) is 0 Å². The standard InChI is InChI=1S/C20H26N4O2S/c1-13-8-6-7-11-20(13)18(25)24(19(26)22-20)12-23(3)14(2)17-21-15-9-4-5-10-16(15)27-17/h4-5,9-10,13-14H,6-8,11-12H2,1-3H3,(H,22,26)/t13-,14-,20-/m0/s1. The number of aromatic nitrogens is 1. The molecule has 1 aromatic carbocycles. The van der Waals surface area contributed by atoms with Crippen LogP contribution in [-0.4, -0.2) is 46.0 Å². The van der Waals surface area contributed by atoms with E-state index in [4.69, 9.17) is 4.98 Å². The maximum absolute atomic E-state index is 13.1. The molecule has 0 bridgehead atoms. The van der Waals surface area contributed by atoms with E-state index in [1.54, 1.807) is 11.3 Å². The van der Waals surface area contributed by atoms with Gasteiger partial charge in [0, 0.05) is 0 Å². The molecule has 3 atom stereocenters. The highest BCUT2D eigenvalue weighted by Gasteiger charge is 2.55. The quantitative estimate of drug-likeness (QED) is 0.813. The van der Waals surface area contributed by atoms with Crippen molar-refractivity contribution in [2.45, 2.75) is 51.1 Å². The Kier molecular flexibility index (Phi) is 4.68. The lowest BCUT2D eigenvalue weighted by Crippen LogP contribution is -2.54. The van der Waals surface area contributed by atoms with Crippen LogP contribution in [0.4, 0.5) is 4.79 Å². The molecule has 0 radical (unpaired) electrons. The second-order valence-electron chi connectivity index (χ2n) is 7.88.